The monoisotopic (exact) mass is 353 g/mol. The van der Waals surface area contributed by atoms with Crippen molar-refractivity contribution in [2.45, 2.75) is 39.0 Å². The average molecular weight is 353 g/mol. The van der Waals surface area contributed by atoms with Gasteiger partial charge >= 0.3 is 0 Å². The third-order valence-electron chi connectivity index (χ3n) is 4.79. The fraction of sp³-hybridized carbons (Fsp3) is 0.400. The second kappa shape index (κ2) is 7.00. The minimum Gasteiger partial charge on any atom is -0.497 e. The molecule has 0 atom stereocenters. The lowest BCUT2D eigenvalue weighted by molar-refractivity contribution is 0.414. The second-order valence-corrected chi connectivity index (χ2v) is 7.49. The van der Waals surface area contributed by atoms with Gasteiger partial charge in [-0.3, -0.25) is 0 Å². The summed E-state index contributed by atoms with van der Waals surface area (Å²) >= 11 is 1.86. The molecule has 0 bridgehead atoms. The topological polar surface area (TPSA) is 47.0 Å². The minimum atomic E-state index is 0.867. The standard InChI is InChI=1S/C20H23N3OS/c1-3-17-22-19(18-15-5-4-6-16(15)25-20(18)23-17)21-12-11-13-7-9-14(24-2)10-8-13/h7-10H,3-6,11-12H2,1-2H3,(H,21,22,23). The Balaban J connectivity index is 1.55. The number of ether oxygens (including phenoxy) is 1. The van der Waals surface area contributed by atoms with E-state index in [9.17, 15) is 0 Å². The van der Waals surface area contributed by atoms with Crippen molar-refractivity contribution in [3.8, 4) is 5.75 Å². The number of anilines is 1. The number of thiophene rings is 1. The van der Waals surface area contributed by atoms with Gasteiger partial charge in [0.1, 0.15) is 22.2 Å². The van der Waals surface area contributed by atoms with Gasteiger partial charge in [-0.1, -0.05) is 19.1 Å². The summed E-state index contributed by atoms with van der Waals surface area (Å²) in [5.41, 5.74) is 2.78. The number of hydrogen-bond acceptors (Lipinski definition) is 5. The molecule has 2 heterocycles. The predicted molar refractivity (Wildman–Crippen MR) is 104 cm³/mol. The van der Waals surface area contributed by atoms with Crippen LogP contribution >= 0.6 is 11.3 Å². The van der Waals surface area contributed by atoms with Crippen LogP contribution in [0.15, 0.2) is 24.3 Å². The normalized spacial score (nSPS) is 13.2. The van der Waals surface area contributed by atoms with E-state index in [1.165, 1.54) is 34.2 Å². The maximum Gasteiger partial charge on any atom is 0.138 e. The lowest BCUT2D eigenvalue weighted by Crippen LogP contribution is -2.09. The number of aryl methyl sites for hydroxylation is 3. The molecule has 0 aliphatic heterocycles. The van der Waals surface area contributed by atoms with Gasteiger partial charge in [-0.05, 0) is 48.9 Å². The third-order valence-corrected chi connectivity index (χ3v) is 5.98. The van der Waals surface area contributed by atoms with Crippen molar-refractivity contribution in [1.29, 1.82) is 0 Å². The zero-order valence-electron chi connectivity index (χ0n) is 14.8. The fourth-order valence-corrected chi connectivity index (χ4v) is 4.72. The highest BCUT2D eigenvalue weighted by Gasteiger charge is 2.22. The number of nitrogens with zero attached hydrogens (tertiary/aromatic N) is 2. The Labute approximate surface area is 152 Å². The van der Waals surface area contributed by atoms with Gasteiger partial charge in [-0.2, -0.15) is 0 Å². The number of fused-ring (bicyclic) bond motifs is 3. The van der Waals surface area contributed by atoms with E-state index in [4.69, 9.17) is 14.7 Å². The van der Waals surface area contributed by atoms with Crippen molar-refractivity contribution in [1.82, 2.24) is 9.97 Å². The summed E-state index contributed by atoms with van der Waals surface area (Å²) in [4.78, 5) is 12.2. The highest BCUT2D eigenvalue weighted by molar-refractivity contribution is 7.19. The number of aromatic nitrogens is 2. The summed E-state index contributed by atoms with van der Waals surface area (Å²) in [6.07, 6.45) is 5.45. The van der Waals surface area contributed by atoms with Gasteiger partial charge in [0, 0.05) is 17.8 Å². The Morgan fingerprint density at radius 2 is 2.00 bits per heavy atom. The summed E-state index contributed by atoms with van der Waals surface area (Å²) in [5, 5.41) is 4.85. The SMILES string of the molecule is CCc1nc(NCCc2ccc(OC)cc2)c2c3c(sc2n1)CCC3. The Bertz CT molecular complexity index is 886. The molecule has 25 heavy (non-hydrogen) atoms. The molecular weight excluding hydrogens is 330 g/mol. The van der Waals surface area contributed by atoms with E-state index in [2.05, 4.69) is 24.4 Å². The molecule has 1 aromatic carbocycles. The van der Waals surface area contributed by atoms with Gasteiger partial charge in [0.2, 0.25) is 0 Å². The van der Waals surface area contributed by atoms with Crippen LogP contribution in [0.4, 0.5) is 5.82 Å². The second-order valence-electron chi connectivity index (χ2n) is 6.40. The smallest absolute Gasteiger partial charge is 0.138 e. The zero-order valence-corrected chi connectivity index (χ0v) is 15.6. The fourth-order valence-electron chi connectivity index (χ4n) is 3.44. The number of nitrogens with one attached hydrogen (secondary N) is 1. The predicted octanol–water partition coefficient (Wildman–Crippen LogP) is 4.41. The lowest BCUT2D eigenvalue weighted by Gasteiger charge is -2.10. The summed E-state index contributed by atoms with van der Waals surface area (Å²) < 4.78 is 5.22. The van der Waals surface area contributed by atoms with Crippen LogP contribution in [-0.2, 0) is 25.7 Å². The highest BCUT2D eigenvalue weighted by Crippen LogP contribution is 2.39. The molecule has 0 radical (unpaired) electrons. The maximum atomic E-state index is 5.22. The van der Waals surface area contributed by atoms with Crippen molar-refractivity contribution in [2.75, 3.05) is 19.0 Å². The van der Waals surface area contributed by atoms with Crippen LogP contribution in [-0.4, -0.2) is 23.6 Å². The van der Waals surface area contributed by atoms with E-state index in [0.717, 1.165) is 48.0 Å². The summed E-state index contributed by atoms with van der Waals surface area (Å²) in [6, 6.07) is 8.27. The molecule has 0 fully saturated rings. The van der Waals surface area contributed by atoms with Crippen LogP contribution in [0, 0.1) is 0 Å². The van der Waals surface area contributed by atoms with E-state index in [-0.39, 0.29) is 0 Å². The van der Waals surface area contributed by atoms with Crippen LogP contribution in [0.1, 0.15) is 35.2 Å². The first-order valence-corrected chi connectivity index (χ1v) is 9.78. The Kier molecular flexibility index (Phi) is 4.57. The quantitative estimate of drug-likeness (QED) is 0.713. The highest BCUT2D eigenvalue weighted by atomic mass is 32.1. The molecule has 0 spiro atoms. The number of rotatable bonds is 6. The van der Waals surface area contributed by atoms with E-state index in [1.807, 2.05) is 23.5 Å². The van der Waals surface area contributed by atoms with E-state index < -0.39 is 0 Å². The molecule has 5 heteroatoms. The van der Waals surface area contributed by atoms with E-state index in [1.54, 1.807) is 7.11 Å². The molecule has 1 aliphatic rings. The first-order valence-electron chi connectivity index (χ1n) is 8.96. The zero-order chi connectivity index (χ0) is 17.2. The van der Waals surface area contributed by atoms with Crippen molar-refractivity contribution < 1.29 is 4.74 Å². The molecular formula is C20H23N3OS. The van der Waals surface area contributed by atoms with Crippen LogP contribution < -0.4 is 10.1 Å². The van der Waals surface area contributed by atoms with Crippen molar-refractivity contribution in [3.63, 3.8) is 0 Å². The van der Waals surface area contributed by atoms with E-state index >= 15 is 0 Å². The van der Waals surface area contributed by atoms with Crippen molar-refractivity contribution in [3.05, 3.63) is 46.1 Å². The molecule has 1 aliphatic carbocycles. The Hall–Kier alpha value is -2.14. The van der Waals surface area contributed by atoms with Gasteiger partial charge < -0.3 is 10.1 Å². The van der Waals surface area contributed by atoms with Crippen LogP contribution in [0.25, 0.3) is 10.2 Å². The minimum absolute atomic E-state index is 0.867. The number of hydrogen-bond donors (Lipinski definition) is 1. The summed E-state index contributed by atoms with van der Waals surface area (Å²) in [5.74, 6) is 2.85. The summed E-state index contributed by atoms with van der Waals surface area (Å²) in [6.45, 7) is 2.98. The maximum absolute atomic E-state index is 5.22. The molecule has 130 valence electrons. The molecule has 2 aromatic heterocycles. The van der Waals surface area contributed by atoms with Crippen LogP contribution in [0.3, 0.4) is 0 Å². The van der Waals surface area contributed by atoms with Crippen LogP contribution in [0.2, 0.25) is 0 Å². The number of benzene rings is 1. The number of methoxy groups -OCH3 is 1. The molecule has 0 unspecified atom stereocenters. The van der Waals surface area contributed by atoms with Crippen LogP contribution in [0.5, 0.6) is 5.75 Å². The largest absolute Gasteiger partial charge is 0.497 e. The molecule has 1 N–H and O–H groups in total. The molecule has 0 saturated heterocycles. The molecule has 4 nitrogen and oxygen atoms in total. The first-order chi connectivity index (χ1) is 12.3. The Morgan fingerprint density at radius 1 is 1.16 bits per heavy atom. The van der Waals surface area contributed by atoms with Gasteiger partial charge in [-0.15, -0.1) is 11.3 Å². The summed E-state index contributed by atoms with van der Waals surface area (Å²) in [7, 11) is 1.70. The van der Waals surface area contributed by atoms with E-state index in [0.29, 0.717) is 0 Å². The molecule has 4 rings (SSSR count). The first kappa shape index (κ1) is 16.3. The average Bonchev–Trinajstić information content (AvgIpc) is 3.22. The third kappa shape index (κ3) is 3.21. The van der Waals surface area contributed by atoms with Gasteiger partial charge in [0.25, 0.3) is 0 Å². The molecule has 3 aromatic rings. The van der Waals surface area contributed by atoms with Gasteiger partial charge in [0.05, 0.1) is 12.5 Å². The lowest BCUT2D eigenvalue weighted by atomic mass is 10.1. The molecule has 0 amide bonds. The van der Waals surface area contributed by atoms with Gasteiger partial charge in [0.15, 0.2) is 0 Å². The molecule has 0 saturated carbocycles. The Morgan fingerprint density at radius 3 is 2.76 bits per heavy atom. The van der Waals surface area contributed by atoms with Crippen molar-refractivity contribution in [2.24, 2.45) is 0 Å². The van der Waals surface area contributed by atoms with Crippen molar-refractivity contribution >= 4 is 27.4 Å². The van der Waals surface area contributed by atoms with Gasteiger partial charge in [-0.25, -0.2) is 9.97 Å².